The van der Waals surface area contributed by atoms with Crippen LogP contribution >= 0.6 is 0 Å². The van der Waals surface area contributed by atoms with Crippen LogP contribution < -0.4 is 11.1 Å². The second kappa shape index (κ2) is 4.65. The second-order valence-corrected chi connectivity index (χ2v) is 4.36. The minimum absolute atomic E-state index is 0.0571. The zero-order valence-electron chi connectivity index (χ0n) is 9.40. The first-order valence-corrected chi connectivity index (χ1v) is 5.66. The number of hydrogen-bond donors (Lipinski definition) is 2. The van der Waals surface area contributed by atoms with Crippen molar-refractivity contribution in [3.8, 4) is 0 Å². The highest BCUT2D eigenvalue weighted by Crippen LogP contribution is 2.17. The van der Waals surface area contributed by atoms with E-state index in [-0.39, 0.29) is 23.8 Å². The quantitative estimate of drug-likeness (QED) is 0.783. The molecule has 5 nitrogen and oxygen atoms in total. The van der Waals surface area contributed by atoms with Gasteiger partial charge in [-0.25, -0.2) is 0 Å². The Morgan fingerprint density at radius 3 is 2.94 bits per heavy atom. The van der Waals surface area contributed by atoms with E-state index in [1.807, 2.05) is 0 Å². The number of aromatic nitrogens is 1. The zero-order valence-corrected chi connectivity index (χ0v) is 9.40. The highest BCUT2D eigenvalue weighted by atomic mass is 16.5. The van der Waals surface area contributed by atoms with Crippen molar-refractivity contribution in [1.82, 2.24) is 10.5 Å². The lowest BCUT2D eigenvalue weighted by Gasteiger charge is -2.28. The highest BCUT2D eigenvalue weighted by molar-refractivity contribution is 5.91. The van der Waals surface area contributed by atoms with E-state index in [9.17, 15) is 4.79 Å². The lowest BCUT2D eigenvalue weighted by molar-refractivity contribution is 0.0884. The molecular weight excluding hydrogens is 206 g/mol. The van der Waals surface area contributed by atoms with Gasteiger partial charge in [0, 0.05) is 18.2 Å². The summed E-state index contributed by atoms with van der Waals surface area (Å²) in [5, 5.41) is 6.58. The molecule has 1 aromatic heterocycles. The fraction of sp³-hybridized carbons (Fsp3) is 0.636. The maximum Gasteiger partial charge on any atom is 0.290 e. The lowest BCUT2D eigenvalue weighted by atomic mass is 9.91. The van der Waals surface area contributed by atoms with Crippen LogP contribution in [0.15, 0.2) is 10.6 Å². The number of nitrogens with zero attached hydrogens (tertiary/aromatic N) is 1. The molecule has 1 aromatic rings. The van der Waals surface area contributed by atoms with Gasteiger partial charge in [0.05, 0.1) is 5.69 Å². The summed E-state index contributed by atoms with van der Waals surface area (Å²) in [6.07, 6.45) is 4.18. The van der Waals surface area contributed by atoms with Gasteiger partial charge in [0.1, 0.15) is 0 Å². The molecule has 0 aromatic carbocycles. The van der Waals surface area contributed by atoms with Crippen LogP contribution in [0.3, 0.4) is 0 Å². The van der Waals surface area contributed by atoms with Gasteiger partial charge in [-0.05, 0) is 19.8 Å². The zero-order chi connectivity index (χ0) is 11.5. The van der Waals surface area contributed by atoms with Crippen molar-refractivity contribution in [2.45, 2.75) is 44.7 Å². The van der Waals surface area contributed by atoms with Gasteiger partial charge >= 0.3 is 0 Å². The molecule has 3 N–H and O–H groups in total. The number of nitrogens with two attached hydrogens (primary N) is 1. The summed E-state index contributed by atoms with van der Waals surface area (Å²) in [6, 6.07) is 1.75. The van der Waals surface area contributed by atoms with E-state index in [2.05, 4.69) is 10.5 Å². The van der Waals surface area contributed by atoms with Gasteiger partial charge in [-0.15, -0.1) is 0 Å². The number of nitrogens with one attached hydrogen (secondary N) is 1. The van der Waals surface area contributed by atoms with E-state index in [0.29, 0.717) is 5.69 Å². The molecule has 0 radical (unpaired) electrons. The minimum atomic E-state index is -0.219. The molecule has 16 heavy (non-hydrogen) atoms. The third-order valence-electron chi connectivity index (χ3n) is 2.99. The molecule has 1 aliphatic carbocycles. The number of carbonyl (C=O) groups is 1. The fourth-order valence-electron chi connectivity index (χ4n) is 2.05. The Bertz CT molecular complexity index is 375. The average Bonchev–Trinajstić information content (AvgIpc) is 2.68. The Morgan fingerprint density at radius 2 is 2.31 bits per heavy atom. The van der Waals surface area contributed by atoms with E-state index in [1.54, 1.807) is 13.0 Å². The smallest absolute Gasteiger partial charge is 0.290 e. The van der Waals surface area contributed by atoms with Crippen molar-refractivity contribution in [3.05, 3.63) is 17.5 Å². The van der Waals surface area contributed by atoms with E-state index in [1.165, 1.54) is 0 Å². The fourth-order valence-corrected chi connectivity index (χ4v) is 2.05. The number of aryl methyl sites for hydroxylation is 1. The van der Waals surface area contributed by atoms with Crippen LogP contribution in [0.1, 0.15) is 41.9 Å². The molecule has 1 aliphatic rings. The second-order valence-electron chi connectivity index (χ2n) is 4.36. The van der Waals surface area contributed by atoms with Gasteiger partial charge < -0.3 is 15.6 Å². The SMILES string of the molecule is Cc1cc(C(=O)N[C@@H]2CCCC[C@H]2N)on1. The molecule has 2 atom stereocenters. The largest absolute Gasteiger partial charge is 0.351 e. The van der Waals surface area contributed by atoms with E-state index < -0.39 is 0 Å². The maximum atomic E-state index is 11.8. The maximum absolute atomic E-state index is 11.8. The molecule has 1 amide bonds. The summed E-state index contributed by atoms with van der Waals surface area (Å²) in [5.41, 5.74) is 6.66. The molecule has 0 saturated heterocycles. The molecule has 88 valence electrons. The van der Waals surface area contributed by atoms with Gasteiger partial charge in [0.2, 0.25) is 5.76 Å². The van der Waals surface area contributed by atoms with Crippen molar-refractivity contribution in [2.24, 2.45) is 5.73 Å². The Morgan fingerprint density at radius 1 is 1.56 bits per heavy atom. The van der Waals surface area contributed by atoms with Gasteiger partial charge in [0.15, 0.2) is 0 Å². The summed E-state index contributed by atoms with van der Waals surface area (Å²) >= 11 is 0. The average molecular weight is 223 g/mol. The molecule has 1 saturated carbocycles. The normalized spacial score (nSPS) is 25.4. The van der Waals surface area contributed by atoms with Gasteiger partial charge in [-0.2, -0.15) is 0 Å². The molecule has 0 spiro atoms. The van der Waals surface area contributed by atoms with Gasteiger partial charge in [0.25, 0.3) is 5.91 Å². The molecule has 2 rings (SSSR count). The molecule has 0 aliphatic heterocycles. The minimum Gasteiger partial charge on any atom is -0.351 e. The molecular formula is C11H17N3O2. The predicted molar refractivity (Wildman–Crippen MR) is 58.9 cm³/mol. The van der Waals surface area contributed by atoms with Crippen LogP contribution in [0.5, 0.6) is 0 Å². The molecule has 0 unspecified atom stereocenters. The Labute approximate surface area is 94.4 Å². The van der Waals surface area contributed by atoms with Gasteiger partial charge in [-0.1, -0.05) is 18.0 Å². The number of hydrogen-bond acceptors (Lipinski definition) is 4. The highest BCUT2D eigenvalue weighted by Gasteiger charge is 2.24. The summed E-state index contributed by atoms with van der Waals surface area (Å²) in [4.78, 5) is 11.8. The van der Waals surface area contributed by atoms with E-state index in [4.69, 9.17) is 10.3 Å². The number of amides is 1. The van der Waals surface area contributed by atoms with Crippen LogP contribution in [0.2, 0.25) is 0 Å². The standard InChI is InChI=1S/C11H17N3O2/c1-7-6-10(16-14-7)11(15)13-9-5-3-2-4-8(9)12/h6,8-9H,2-5,12H2,1H3,(H,13,15)/t8-,9-/m1/s1. The van der Waals surface area contributed by atoms with Crippen molar-refractivity contribution in [3.63, 3.8) is 0 Å². The summed E-state index contributed by atoms with van der Waals surface area (Å²) < 4.78 is 4.90. The Hall–Kier alpha value is -1.36. The molecule has 5 heteroatoms. The lowest BCUT2D eigenvalue weighted by Crippen LogP contribution is -2.49. The number of carbonyl (C=O) groups excluding carboxylic acids is 1. The number of rotatable bonds is 2. The van der Waals surface area contributed by atoms with Crippen molar-refractivity contribution in [2.75, 3.05) is 0 Å². The summed E-state index contributed by atoms with van der Waals surface area (Å²) in [6.45, 7) is 1.78. The molecule has 0 bridgehead atoms. The van der Waals surface area contributed by atoms with Crippen LogP contribution in [-0.2, 0) is 0 Å². The first kappa shape index (κ1) is 11.1. The summed E-state index contributed by atoms with van der Waals surface area (Å²) in [5.74, 6) is 0.0400. The van der Waals surface area contributed by atoms with Crippen LogP contribution in [0, 0.1) is 6.92 Å². The molecule has 1 heterocycles. The van der Waals surface area contributed by atoms with Crippen LogP contribution in [0.4, 0.5) is 0 Å². The summed E-state index contributed by atoms with van der Waals surface area (Å²) in [7, 11) is 0. The monoisotopic (exact) mass is 223 g/mol. The first-order valence-electron chi connectivity index (χ1n) is 5.66. The van der Waals surface area contributed by atoms with Crippen molar-refractivity contribution >= 4 is 5.91 Å². The van der Waals surface area contributed by atoms with Crippen LogP contribution in [-0.4, -0.2) is 23.1 Å². The first-order chi connectivity index (χ1) is 7.66. The molecule has 1 fully saturated rings. The topological polar surface area (TPSA) is 81.2 Å². The Balaban J connectivity index is 1.96. The van der Waals surface area contributed by atoms with E-state index in [0.717, 1.165) is 25.7 Å². The third-order valence-corrected chi connectivity index (χ3v) is 2.99. The third kappa shape index (κ3) is 2.41. The van der Waals surface area contributed by atoms with Crippen molar-refractivity contribution in [1.29, 1.82) is 0 Å². The Kier molecular flexibility index (Phi) is 3.24. The van der Waals surface area contributed by atoms with E-state index >= 15 is 0 Å². The van der Waals surface area contributed by atoms with Crippen LogP contribution in [0.25, 0.3) is 0 Å². The van der Waals surface area contributed by atoms with Gasteiger partial charge in [-0.3, -0.25) is 4.79 Å². The predicted octanol–water partition coefficient (Wildman–Crippen LogP) is 0.983. The van der Waals surface area contributed by atoms with Crippen molar-refractivity contribution < 1.29 is 9.32 Å².